The van der Waals surface area contributed by atoms with Gasteiger partial charge in [0.2, 0.25) is 0 Å². The second-order valence-corrected chi connectivity index (χ2v) is 4.59. The second-order valence-electron chi connectivity index (χ2n) is 4.59. The van der Waals surface area contributed by atoms with Gasteiger partial charge in [-0.3, -0.25) is 4.68 Å². The molecule has 0 unspecified atom stereocenters. The molecule has 1 rings (SSSR count). The Morgan fingerprint density at radius 2 is 2.26 bits per heavy atom. The molecule has 0 aliphatic heterocycles. The lowest BCUT2D eigenvalue weighted by molar-refractivity contribution is -0.136. The predicted octanol–water partition coefficient (Wildman–Crippen LogP) is 1.60. The summed E-state index contributed by atoms with van der Waals surface area (Å²) in [5, 5.41) is 7.67. The minimum atomic E-state index is -0.274. The number of ether oxygens (including phenoxy) is 1. The lowest BCUT2D eigenvalue weighted by atomic mass is 10.3. The van der Waals surface area contributed by atoms with E-state index in [9.17, 15) is 4.79 Å². The summed E-state index contributed by atoms with van der Waals surface area (Å²) in [7, 11) is 1.39. The van der Waals surface area contributed by atoms with Crippen LogP contribution in [0.2, 0.25) is 0 Å². The summed E-state index contributed by atoms with van der Waals surface area (Å²) in [4.78, 5) is 11.1. The highest BCUT2D eigenvalue weighted by Gasteiger charge is 2.01. The molecule has 1 N–H and O–H groups in total. The highest BCUT2D eigenvalue weighted by atomic mass is 16.5. The molecule has 0 saturated carbocycles. The van der Waals surface area contributed by atoms with Crippen molar-refractivity contribution in [3.63, 3.8) is 0 Å². The molecule has 19 heavy (non-hydrogen) atoms. The zero-order valence-electron chi connectivity index (χ0n) is 12.2. The number of methoxy groups -OCH3 is 1. The molecule has 5 nitrogen and oxygen atoms in total. The Labute approximate surface area is 114 Å². The largest absolute Gasteiger partial charge is 0.466 e. The first-order valence-corrected chi connectivity index (χ1v) is 6.51. The van der Waals surface area contributed by atoms with E-state index in [1.165, 1.54) is 12.8 Å². The Kier molecular flexibility index (Phi) is 6.29. The molecule has 0 aliphatic rings. The summed E-state index contributed by atoms with van der Waals surface area (Å²) < 4.78 is 6.64. The predicted molar refractivity (Wildman–Crippen MR) is 75.0 cm³/mol. The fourth-order valence-electron chi connectivity index (χ4n) is 1.83. The molecule has 1 heterocycles. The summed E-state index contributed by atoms with van der Waals surface area (Å²) >= 11 is 0. The monoisotopic (exact) mass is 265 g/mol. The average molecular weight is 265 g/mol. The average Bonchev–Trinajstić information content (AvgIpc) is 2.70. The van der Waals surface area contributed by atoms with Crippen LogP contribution in [0.1, 0.15) is 24.7 Å². The first-order valence-electron chi connectivity index (χ1n) is 6.51. The third kappa shape index (κ3) is 5.26. The van der Waals surface area contributed by atoms with E-state index in [2.05, 4.69) is 28.1 Å². The standard InChI is InChI=1S/C14H23N3O2/c1-11(14(18)19-4)6-8-15-7-5-9-17-13(3)10-12(2)16-17/h6,10,15H,5,7-9H2,1-4H3/b11-6+. The number of rotatable bonds is 7. The van der Waals surface area contributed by atoms with Crippen LogP contribution in [0.3, 0.4) is 0 Å². The quantitative estimate of drug-likeness (QED) is 0.462. The van der Waals surface area contributed by atoms with Crippen molar-refractivity contribution in [2.45, 2.75) is 33.7 Å². The van der Waals surface area contributed by atoms with Gasteiger partial charge >= 0.3 is 5.97 Å². The van der Waals surface area contributed by atoms with Crippen molar-refractivity contribution in [1.82, 2.24) is 15.1 Å². The summed E-state index contributed by atoms with van der Waals surface area (Å²) in [5.74, 6) is -0.274. The maximum absolute atomic E-state index is 11.1. The lowest BCUT2D eigenvalue weighted by Crippen LogP contribution is -2.18. The molecule has 0 saturated heterocycles. The van der Waals surface area contributed by atoms with Gasteiger partial charge in [0, 0.05) is 24.4 Å². The van der Waals surface area contributed by atoms with Crippen molar-refractivity contribution in [1.29, 1.82) is 0 Å². The number of carbonyl (C=O) groups excluding carboxylic acids is 1. The third-order valence-corrected chi connectivity index (χ3v) is 2.89. The van der Waals surface area contributed by atoms with E-state index in [0.29, 0.717) is 12.1 Å². The normalized spacial score (nSPS) is 11.7. The first-order chi connectivity index (χ1) is 9.04. The molecular weight excluding hydrogens is 242 g/mol. The van der Waals surface area contributed by atoms with Crippen LogP contribution in [-0.4, -0.2) is 35.9 Å². The number of aryl methyl sites for hydroxylation is 3. The Morgan fingerprint density at radius 3 is 2.84 bits per heavy atom. The van der Waals surface area contributed by atoms with Crippen LogP contribution in [0.4, 0.5) is 0 Å². The van der Waals surface area contributed by atoms with Crippen molar-refractivity contribution in [2.75, 3.05) is 20.2 Å². The highest BCUT2D eigenvalue weighted by molar-refractivity contribution is 5.87. The number of esters is 1. The van der Waals surface area contributed by atoms with Gasteiger partial charge in [-0.05, 0) is 39.8 Å². The van der Waals surface area contributed by atoms with Crippen molar-refractivity contribution < 1.29 is 9.53 Å². The zero-order valence-corrected chi connectivity index (χ0v) is 12.2. The van der Waals surface area contributed by atoms with Crippen LogP contribution in [0.5, 0.6) is 0 Å². The Balaban J connectivity index is 2.18. The second kappa shape index (κ2) is 7.74. The summed E-state index contributed by atoms with van der Waals surface area (Å²) in [5.41, 5.74) is 2.88. The third-order valence-electron chi connectivity index (χ3n) is 2.89. The van der Waals surface area contributed by atoms with Crippen LogP contribution < -0.4 is 5.32 Å². The zero-order chi connectivity index (χ0) is 14.3. The van der Waals surface area contributed by atoms with Crippen molar-refractivity contribution in [3.05, 3.63) is 29.1 Å². The number of nitrogens with one attached hydrogen (secondary N) is 1. The van der Waals surface area contributed by atoms with Gasteiger partial charge < -0.3 is 10.1 Å². The van der Waals surface area contributed by atoms with E-state index in [4.69, 9.17) is 0 Å². The number of nitrogens with zero attached hydrogens (tertiary/aromatic N) is 2. The number of hydrogen-bond acceptors (Lipinski definition) is 4. The summed E-state index contributed by atoms with van der Waals surface area (Å²) in [6.07, 6.45) is 2.85. The first kappa shape index (κ1) is 15.4. The van der Waals surface area contributed by atoms with E-state index in [-0.39, 0.29) is 5.97 Å². The Morgan fingerprint density at radius 1 is 1.53 bits per heavy atom. The van der Waals surface area contributed by atoms with E-state index < -0.39 is 0 Å². The smallest absolute Gasteiger partial charge is 0.333 e. The number of carbonyl (C=O) groups is 1. The maximum Gasteiger partial charge on any atom is 0.333 e. The van der Waals surface area contributed by atoms with Gasteiger partial charge in [0.1, 0.15) is 0 Å². The van der Waals surface area contributed by atoms with Crippen molar-refractivity contribution in [3.8, 4) is 0 Å². The van der Waals surface area contributed by atoms with Gasteiger partial charge in [-0.25, -0.2) is 4.79 Å². The Hall–Kier alpha value is -1.62. The topological polar surface area (TPSA) is 56.1 Å². The van der Waals surface area contributed by atoms with E-state index in [1.807, 2.05) is 17.7 Å². The van der Waals surface area contributed by atoms with Crippen LogP contribution in [0.25, 0.3) is 0 Å². The molecule has 0 spiro atoms. The van der Waals surface area contributed by atoms with Gasteiger partial charge in [0.05, 0.1) is 12.8 Å². The van der Waals surface area contributed by atoms with Crippen molar-refractivity contribution >= 4 is 5.97 Å². The fourth-order valence-corrected chi connectivity index (χ4v) is 1.83. The van der Waals surface area contributed by atoms with E-state index in [1.54, 1.807) is 6.92 Å². The van der Waals surface area contributed by atoms with Crippen LogP contribution in [0.15, 0.2) is 17.7 Å². The molecule has 5 heteroatoms. The molecule has 1 aromatic heterocycles. The molecule has 0 amide bonds. The molecule has 0 aromatic carbocycles. The summed E-state index contributed by atoms with van der Waals surface area (Å²) in [6.45, 7) is 8.30. The maximum atomic E-state index is 11.1. The molecular formula is C14H23N3O2. The van der Waals surface area contributed by atoms with E-state index >= 15 is 0 Å². The van der Waals surface area contributed by atoms with Crippen LogP contribution in [0, 0.1) is 13.8 Å². The molecule has 0 aliphatic carbocycles. The minimum absolute atomic E-state index is 0.274. The van der Waals surface area contributed by atoms with E-state index in [0.717, 1.165) is 25.2 Å². The highest BCUT2D eigenvalue weighted by Crippen LogP contribution is 2.02. The molecule has 1 aromatic rings. The van der Waals surface area contributed by atoms with Crippen LogP contribution in [-0.2, 0) is 16.1 Å². The molecule has 0 fully saturated rings. The number of hydrogen-bond donors (Lipinski definition) is 1. The van der Waals surface area contributed by atoms with Gasteiger partial charge in [0.25, 0.3) is 0 Å². The minimum Gasteiger partial charge on any atom is -0.466 e. The van der Waals surface area contributed by atoms with Gasteiger partial charge in [0.15, 0.2) is 0 Å². The Bertz CT molecular complexity index is 450. The SMILES string of the molecule is COC(=O)/C(C)=C/CNCCCn1nc(C)cc1C. The molecule has 106 valence electrons. The van der Waals surface area contributed by atoms with Gasteiger partial charge in [-0.15, -0.1) is 0 Å². The summed E-state index contributed by atoms with van der Waals surface area (Å²) in [6, 6.07) is 2.08. The van der Waals surface area contributed by atoms with Gasteiger partial charge in [-0.2, -0.15) is 5.10 Å². The fraction of sp³-hybridized carbons (Fsp3) is 0.571. The lowest BCUT2D eigenvalue weighted by Gasteiger charge is -2.05. The van der Waals surface area contributed by atoms with Gasteiger partial charge in [-0.1, -0.05) is 6.08 Å². The number of aromatic nitrogens is 2. The molecule has 0 radical (unpaired) electrons. The van der Waals surface area contributed by atoms with Crippen molar-refractivity contribution in [2.24, 2.45) is 0 Å². The molecule has 0 bridgehead atoms. The molecule has 0 atom stereocenters. The van der Waals surface area contributed by atoms with Crippen LogP contribution >= 0.6 is 0 Å².